The van der Waals surface area contributed by atoms with E-state index in [0.717, 1.165) is 62.1 Å². The molecule has 1 aliphatic rings. The minimum atomic E-state index is -0.126. The highest BCUT2D eigenvalue weighted by molar-refractivity contribution is 6.00. The van der Waals surface area contributed by atoms with Crippen LogP contribution in [0.15, 0.2) is 79.3 Å². The van der Waals surface area contributed by atoms with Crippen LogP contribution in [0.25, 0.3) is 16.9 Å². The Balaban J connectivity index is 1.19. The van der Waals surface area contributed by atoms with E-state index in [1.54, 1.807) is 30.4 Å². The number of carbonyl (C=O) groups is 1. The summed E-state index contributed by atoms with van der Waals surface area (Å²) in [5.41, 5.74) is 2.95. The fourth-order valence-corrected chi connectivity index (χ4v) is 4.44. The monoisotopic (exact) mass is 497 g/mol. The van der Waals surface area contributed by atoms with Crippen molar-refractivity contribution in [1.82, 2.24) is 30.0 Å². The van der Waals surface area contributed by atoms with Gasteiger partial charge in [0.05, 0.1) is 18.4 Å². The molecule has 0 spiro atoms. The average Bonchev–Trinajstić information content (AvgIpc) is 3.42. The number of hydrogen-bond donors (Lipinski definition) is 1. The summed E-state index contributed by atoms with van der Waals surface area (Å²) in [6.45, 7) is 5.24. The van der Waals surface area contributed by atoms with Crippen LogP contribution in [0.1, 0.15) is 16.8 Å². The molecule has 1 aliphatic heterocycles. The van der Waals surface area contributed by atoms with E-state index in [2.05, 4.69) is 25.1 Å². The topological polar surface area (TPSA) is 88.4 Å². The summed E-state index contributed by atoms with van der Waals surface area (Å²) < 4.78 is 7.04. The number of carbonyl (C=O) groups excluding carboxylic acids is 1. The van der Waals surface area contributed by atoms with Gasteiger partial charge in [-0.25, -0.2) is 14.6 Å². The van der Waals surface area contributed by atoms with Crippen LogP contribution in [0.2, 0.25) is 0 Å². The quantitative estimate of drug-likeness (QED) is 0.355. The number of amides is 1. The summed E-state index contributed by atoms with van der Waals surface area (Å²) in [6.07, 6.45) is 6.23. The van der Waals surface area contributed by atoms with Crippen LogP contribution in [0.4, 0.5) is 5.95 Å². The van der Waals surface area contributed by atoms with Gasteiger partial charge in [-0.1, -0.05) is 18.2 Å². The highest BCUT2D eigenvalue weighted by Gasteiger charge is 2.20. The smallest absolute Gasteiger partial charge is 0.255 e. The minimum absolute atomic E-state index is 0.126. The molecule has 1 N–H and O–H groups in total. The van der Waals surface area contributed by atoms with Gasteiger partial charge >= 0.3 is 0 Å². The number of methoxy groups -OCH3 is 1. The van der Waals surface area contributed by atoms with Gasteiger partial charge in [0.25, 0.3) is 5.91 Å². The van der Waals surface area contributed by atoms with E-state index in [1.165, 1.54) is 0 Å². The second-order valence-corrected chi connectivity index (χ2v) is 8.89. The highest BCUT2D eigenvalue weighted by Crippen LogP contribution is 2.26. The van der Waals surface area contributed by atoms with E-state index < -0.39 is 0 Å². The maximum Gasteiger partial charge on any atom is 0.255 e. The molecule has 1 amide bonds. The van der Waals surface area contributed by atoms with Crippen molar-refractivity contribution in [3.63, 3.8) is 0 Å². The van der Waals surface area contributed by atoms with E-state index in [9.17, 15) is 4.79 Å². The van der Waals surface area contributed by atoms with Crippen molar-refractivity contribution in [3.05, 3.63) is 84.8 Å². The van der Waals surface area contributed by atoms with Crippen LogP contribution in [-0.2, 0) is 0 Å². The molecule has 0 saturated carbocycles. The Hall–Kier alpha value is -4.24. The van der Waals surface area contributed by atoms with Gasteiger partial charge in [0.1, 0.15) is 11.4 Å². The van der Waals surface area contributed by atoms with Gasteiger partial charge < -0.3 is 15.0 Å². The van der Waals surface area contributed by atoms with Gasteiger partial charge in [0.15, 0.2) is 0 Å². The van der Waals surface area contributed by atoms with Gasteiger partial charge in [-0.15, -0.1) is 0 Å². The van der Waals surface area contributed by atoms with Crippen molar-refractivity contribution < 1.29 is 9.53 Å². The van der Waals surface area contributed by atoms with Crippen LogP contribution < -0.4 is 15.0 Å². The zero-order valence-corrected chi connectivity index (χ0v) is 21.0. The molecule has 0 unspecified atom stereocenters. The molecule has 4 aromatic rings. The van der Waals surface area contributed by atoms with Crippen molar-refractivity contribution in [3.8, 4) is 22.7 Å². The minimum Gasteiger partial charge on any atom is -0.497 e. The molecule has 1 saturated heterocycles. The Kier molecular flexibility index (Phi) is 7.71. The first-order valence-corrected chi connectivity index (χ1v) is 12.5. The molecular weight excluding hydrogens is 466 g/mol. The third-order valence-corrected chi connectivity index (χ3v) is 6.49. The van der Waals surface area contributed by atoms with Crippen LogP contribution in [-0.4, -0.2) is 76.9 Å². The Morgan fingerprint density at radius 1 is 0.946 bits per heavy atom. The second-order valence-electron chi connectivity index (χ2n) is 8.89. The summed E-state index contributed by atoms with van der Waals surface area (Å²) in [7, 11) is 1.63. The molecule has 2 aromatic carbocycles. The van der Waals surface area contributed by atoms with Crippen LogP contribution in [0.3, 0.4) is 0 Å². The summed E-state index contributed by atoms with van der Waals surface area (Å²) >= 11 is 0. The maximum atomic E-state index is 13.2. The SMILES string of the molecule is COc1ccc(-c2nn(-c3ccccc3)cc2C(=O)NCCCN2CCN(c3ncccn3)CC2)cc1. The second kappa shape index (κ2) is 11.7. The van der Waals surface area contributed by atoms with Crippen molar-refractivity contribution in [2.24, 2.45) is 0 Å². The van der Waals surface area contributed by atoms with Crippen molar-refractivity contribution in [2.75, 3.05) is 51.3 Å². The third kappa shape index (κ3) is 5.95. The predicted octanol–water partition coefficient (Wildman–Crippen LogP) is 3.28. The number of nitrogens with one attached hydrogen (secondary N) is 1. The first kappa shape index (κ1) is 24.5. The van der Waals surface area contributed by atoms with Gasteiger partial charge in [-0.2, -0.15) is 5.10 Å². The Bertz CT molecular complexity index is 1290. The first-order valence-electron chi connectivity index (χ1n) is 12.5. The molecule has 37 heavy (non-hydrogen) atoms. The number of hydrogen-bond acceptors (Lipinski definition) is 7. The molecule has 0 aliphatic carbocycles. The Morgan fingerprint density at radius 2 is 1.68 bits per heavy atom. The lowest BCUT2D eigenvalue weighted by Gasteiger charge is -2.34. The van der Waals surface area contributed by atoms with E-state index in [1.807, 2.05) is 60.7 Å². The molecule has 2 aromatic heterocycles. The Morgan fingerprint density at radius 3 is 2.38 bits per heavy atom. The number of piperazine rings is 1. The van der Waals surface area contributed by atoms with E-state index >= 15 is 0 Å². The number of para-hydroxylation sites is 1. The van der Waals surface area contributed by atoms with E-state index in [4.69, 9.17) is 9.84 Å². The molecule has 0 bridgehead atoms. The number of nitrogens with zero attached hydrogens (tertiary/aromatic N) is 6. The van der Waals surface area contributed by atoms with Gasteiger partial charge in [-0.05, 0) is 55.4 Å². The number of benzene rings is 2. The number of anilines is 1. The first-order chi connectivity index (χ1) is 18.2. The molecule has 190 valence electrons. The summed E-state index contributed by atoms with van der Waals surface area (Å²) in [4.78, 5) is 26.6. The molecule has 9 nitrogen and oxygen atoms in total. The molecule has 1 fully saturated rings. The summed E-state index contributed by atoms with van der Waals surface area (Å²) in [6, 6.07) is 19.2. The largest absolute Gasteiger partial charge is 0.497 e. The molecule has 9 heteroatoms. The summed E-state index contributed by atoms with van der Waals surface area (Å²) in [5.74, 6) is 1.42. The standard InChI is InChI=1S/C28H31N7O2/c1-37-24-11-9-22(10-12-24)26-25(21-35(32-26)23-7-3-2-4-8-23)27(36)29-15-6-16-33-17-19-34(20-18-33)28-30-13-5-14-31-28/h2-5,7-14,21H,6,15-20H2,1H3,(H,29,36). The van der Waals surface area contributed by atoms with Crippen LogP contribution in [0, 0.1) is 0 Å². The van der Waals surface area contributed by atoms with Crippen molar-refractivity contribution >= 4 is 11.9 Å². The normalized spacial score (nSPS) is 13.9. The lowest BCUT2D eigenvalue weighted by molar-refractivity contribution is 0.0952. The maximum absolute atomic E-state index is 13.2. The molecule has 5 rings (SSSR count). The zero-order chi connectivity index (χ0) is 25.5. The average molecular weight is 498 g/mol. The molecule has 3 heterocycles. The summed E-state index contributed by atoms with van der Waals surface area (Å²) in [5, 5.41) is 7.85. The molecule has 0 radical (unpaired) electrons. The molecule has 0 atom stereocenters. The van der Waals surface area contributed by atoms with Gasteiger partial charge in [-0.3, -0.25) is 9.69 Å². The lowest BCUT2D eigenvalue weighted by atomic mass is 10.1. The zero-order valence-electron chi connectivity index (χ0n) is 21.0. The van der Waals surface area contributed by atoms with E-state index in [-0.39, 0.29) is 5.91 Å². The van der Waals surface area contributed by atoms with Gasteiger partial charge in [0, 0.05) is 56.9 Å². The number of aromatic nitrogens is 4. The molecular formula is C28H31N7O2. The number of ether oxygens (including phenoxy) is 1. The van der Waals surface area contributed by atoms with Crippen molar-refractivity contribution in [1.29, 1.82) is 0 Å². The van der Waals surface area contributed by atoms with Gasteiger partial charge in [0.2, 0.25) is 5.95 Å². The van der Waals surface area contributed by atoms with Crippen molar-refractivity contribution in [2.45, 2.75) is 6.42 Å². The highest BCUT2D eigenvalue weighted by atomic mass is 16.5. The predicted molar refractivity (Wildman–Crippen MR) is 143 cm³/mol. The van der Waals surface area contributed by atoms with Crippen LogP contribution in [0.5, 0.6) is 5.75 Å². The fraction of sp³-hybridized carbons (Fsp3) is 0.286. The third-order valence-electron chi connectivity index (χ3n) is 6.49. The van der Waals surface area contributed by atoms with E-state index in [0.29, 0.717) is 17.8 Å². The van der Waals surface area contributed by atoms with Crippen LogP contribution >= 0.6 is 0 Å². The number of rotatable bonds is 9. The lowest BCUT2D eigenvalue weighted by Crippen LogP contribution is -2.47. The Labute approximate surface area is 216 Å². The fourth-order valence-electron chi connectivity index (χ4n) is 4.44.